The zero-order valence-corrected chi connectivity index (χ0v) is 15.8. The molecular weight excluding hydrogens is 320 g/mol. The molecule has 0 radical (unpaired) electrons. The van der Waals surface area contributed by atoms with Gasteiger partial charge in [-0.1, -0.05) is 70.6 Å². The van der Waals surface area contributed by atoms with Crippen LogP contribution in [0.5, 0.6) is 0 Å². The van der Waals surface area contributed by atoms with Gasteiger partial charge in [0.15, 0.2) is 0 Å². The SMILES string of the molecule is O=C(O)CCCCCCCCCCCCCCC(O)CCCC(=O)O. The van der Waals surface area contributed by atoms with Crippen LogP contribution in [-0.2, 0) is 9.59 Å². The smallest absolute Gasteiger partial charge is 0.303 e. The van der Waals surface area contributed by atoms with Gasteiger partial charge in [0.25, 0.3) is 0 Å². The normalized spacial score (nSPS) is 12.2. The van der Waals surface area contributed by atoms with E-state index in [1.165, 1.54) is 44.9 Å². The predicted octanol–water partition coefficient (Wildman–Crippen LogP) is 5.15. The van der Waals surface area contributed by atoms with Gasteiger partial charge >= 0.3 is 11.9 Å². The maximum atomic E-state index is 10.4. The van der Waals surface area contributed by atoms with Crippen molar-refractivity contribution >= 4 is 11.9 Å². The van der Waals surface area contributed by atoms with Crippen molar-refractivity contribution in [1.29, 1.82) is 0 Å². The summed E-state index contributed by atoms with van der Waals surface area (Å²) in [6, 6.07) is 0. The van der Waals surface area contributed by atoms with Crippen LogP contribution in [0.3, 0.4) is 0 Å². The molecule has 5 heteroatoms. The Labute approximate surface area is 152 Å². The average Bonchev–Trinajstić information content (AvgIpc) is 2.54. The van der Waals surface area contributed by atoms with Crippen molar-refractivity contribution in [3.63, 3.8) is 0 Å². The molecule has 0 saturated carbocycles. The highest BCUT2D eigenvalue weighted by Gasteiger charge is 2.05. The van der Waals surface area contributed by atoms with Gasteiger partial charge < -0.3 is 15.3 Å². The van der Waals surface area contributed by atoms with Crippen LogP contribution in [0.1, 0.15) is 109 Å². The van der Waals surface area contributed by atoms with Crippen molar-refractivity contribution in [3.05, 3.63) is 0 Å². The highest BCUT2D eigenvalue weighted by molar-refractivity contribution is 5.66. The van der Waals surface area contributed by atoms with Crippen molar-refractivity contribution in [1.82, 2.24) is 0 Å². The molecule has 0 bridgehead atoms. The predicted molar refractivity (Wildman–Crippen MR) is 99.8 cm³/mol. The Hall–Kier alpha value is -1.10. The highest BCUT2D eigenvalue weighted by Crippen LogP contribution is 2.14. The quantitative estimate of drug-likeness (QED) is 0.278. The van der Waals surface area contributed by atoms with E-state index >= 15 is 0 Å². The van der Waals surface area contributed by atoms with E-state index in [4.69, 9.17) is 10.2 Å². The Morgan fingerprint density at radius 2 is 0.840 bits per heavy atom. The number of unbranched alkanes of at least 4 members (excludes halogenated alkanes) is 11. The molecule has 0 rings (SSSR count). The van der Waals surface area contributed by atoms with Crippen LogP contribution in [0.25, 0.3) is 0 Å². The van der Waals surface area contributed by atoms with E-state index in [9.17, 15) is 14.7 Å². The minimum absolute atomic E-state index is 0.152. The van der Waals surface area contributed by atoms with Gasteiger partial charge in [-0.15, -0.1) is 0 Å². The van der Waals surface area contributed by atoms with Crippen LogP contribution in [0, 0.1) is 0 Å². The maximum absolute atomic E-state index is 10.4. The van der Waals surface area contributed by atoms with E-state index < -0.39 is 11.9 Å². The summed E-state index contributed by atoms with van der Waals surface area (Å²) in [5, 5.41) is 26.8. The number of hydrogen-bond donors (Lipinski definition) is 3. The minimum atomic E-state index is -0.787. The molecule has 1 unspecified atom stereocenters. The van der Waals surface area contributed by atoms with Gasteiger partial charge in [-0.25, -0.2) is 0 Å². The van der Waals surface area contributed by atoms with Crippen molar-refractivity contribution < 1.29 is 24.9 Å². The Morgan fingerprint density at radius 1 is 0.520 bits per heavy atom. The molecule has 0 fully saturated rings. The minimum Gasteiger partial charge on any atom is -0.481 e. The van der Waals surface area contributed by atoms with Crippen LogP contribution < -0.4 is 0 Å². The third-order valence-electron chi connectivity index (χ3n) is 4.61. The molecule has 0 aliphatic carbocycles. The van der Waals surface area contributed by atoms with E-state index in [1.807, 2.05) is 0 Å². The summed E-state index contributed by atoms with van der Waals surface area (Å²) in [6.45, 7) is 0. The molecule has 148 valence electrons. The summed E-state index contributed by atoms with van der Waals surface area (Å²) in [6.07, 6.45) is 16.1. The van der Waals surface area contributed by atoms with Crippen LogP contribution in [0.4, 0.5) is 0 Å². The van der Waals surface area contributed by atoms with Crippen LogP contribution >= 0.6 is 0 Å². The Kier molecular flexibility index (Phi) is 16.9. The Balaban J connectivity index is 3.13. The second-order valence-corrected chi connectivity index (χ2v) is 7.11. The van der Waals surface area contributed by atoms with Gasteiger partial charge in [-0.05, 0) is 25.7 Å². The molecule has 25 heavy (non-hydrogen) atoms. The number of aliphatic carboxylic acids is 2. The summed E-state index contributed by atoms with van der Waals surface area (Å²) < 4.78 is 0. The molecule has 0 aliphatic heterocycles. The Bertz CT molecular complexity index is 330. The van der Waals surface area contributed by atoms with E-state index in [2.05, 4.69) is 0 Å². The largest absolute Gasteiger partial charge is 0.481 e. The number of hydrogen-bond acceptors (Lipinski definition) is 3. The van der Waals surface area contributed by atoms with Crippen molar-refractivity contribution in [3.8, 4) is 0 Å². The average molecular weight is 359 g/mol. The first kappa shape index (κ1) is 23.9. The zero-order chi connectivity index (χ0) is 18.8. The lowest BCUT2D eigenvalue weighted by molar-refractivity contribution is -0.138. The first-order valence-electron chi connectivity index (χ1n) is 10.1. The van der Waals surface area contributed by atoms with E-state index in [0.29, 0.717) is 19.3 Å². The van der Waals surface area contributed by atoms with Crippen molar-refractivity contribution in [2.45, 2.75) is 115 Å². The van der Waals surface area contributed by atoms with Crippen LogP contribution in [0.15, 0.2) is 0 Å². The third kappa shape index (κ3) is 20.9. The molecule has 3 N–H and O–H groups in total. The monoisotopic (exact) mass is 358 g/mol. The van der Waals surface area contributed by atoms with E-state index in [-0.39, 0.29) is 12.5 Å². The molecule has 5 nitrogen and oxygen atoms in total. The lowest BCUT2D eigenvalue weighted by Gasteiger charge is -2.09. The molecule has 0 spiro atoms. The van der Waals surface area contributed by atoms with Crippen molar-refractivity contribution in [2.24, 2.45) is 0 Å². The molecule has 0 aliphatic rings. The molecular formula is C20H38O5. The lowest BCUT2D eigenvalue weighted by atomic mass is 10.0. The number of carboxylic acid groups (broad SMARTS) is 2. The molecule has 0 heterocycles. The number of aliphatic hydroxyl groups is 1. The number of aliphatic hydroxyl groups excluding tert-OH is 1. The number of carbonyl (C=O) groups is 2. The fourth-order valence-corrected chi connectivity index (χ4v) is 3.06. The standard InChI is InChI=1S/C20H38O5/c21-18(15-13-17-20(24)25)14-11-9-7-5-3-1-2-4-6-8-10-12-16-19(22)23/h18,21H,1-17H2,(H,22,23)(H,24,25). The topological polar surface area (TPSA) is 94.8 Å². The summed E-state index contributed by atoms with van der Waals surface area (Å²) in [4.78, 5) is 20.8. The van der Waals surface area contributed by atoms with E-state index in [0.717, 1.165) is 38.5 Å². The number of rotatable bonds is 19. The molecule has 0 aromatic carbocycles. The lowest BCUT2D eigenvalue weighted by Crippen LogP contribution is -2.07. The van der Waals surface area contributed by atoms with Crippen molar-refractivity contribution in [2.75, 3.05) is 0 Å². The second-order valence-electron chi connectivity index (χ2n) is 7.11. The van der Waals surface area contributed by atoms with E-state index in [1.54, 1.807) is 0 Å². The fourth-order valence-electron chi connectivity index (χ4n) is 3.06. The summed E-state index contributed by atoms with van der Waals surface area (Å²) >= 11 is 0. The molecule has 0 aromatic rings. The number of carboxylic acids is 2. The summed E-state index contributed by atoms with van der Waals surface area (Å²) in [5.41, 5.74) is 0. The van der Waals surface area contributed by atoms with Gasteiger partial charge in [-0.3, -0.25) is 9.59 Å². The van der Waals surface area contributed by atoms with Gasteiger partial charge in [0.1, 0.15) is 0 Å². The molecule has 1 atom stereocenters. The fraction of sp³-hybridized carbons (Fsp3) is 0.900. The summed E-state index contributed by atoms with van der Waals surface area (Å²) in [5.74, 6) is -1.47. The molecule has 0 aromatic heterocycles. The van der Waals surface area contributed by atoms with Gasteiger partial charge in [-0.2, -0.15) is 0 Å². The molecule has 0 amide bonds. The third-order valence-corrected chi connectivity index (χ3v) is 4.61. The highest BCUT2D eigenvalue weighted by atomic mass is 16.4. The zero-order valence-electron chi connectivity index (χ0n) is 15.8. The second kappa shape index (κ2) is 17.7. The van der Waals surface area contributed by atoms with Crippen LogP contribution in [0.2, 0.25) is 0 Å². The first-order valence-corrected chi connectivity index (χ1v) is 10.1. The van der Waals surface area contributed by atoms with Crippen LogP contribution in [-0.4, -0.2) is 33.4 Å². The summed E-state index contributed by atoms with van der Waals surface area (Å²) in [7, 11) is 0. The molecule has 0 saturated heterocycles. The first-order chi connectivity index (χ1) is 12.0. The van der Waals surface area contributed by atoms with Gasteiger partial charge in [0, 0.05) is 12.8 Å². The Morgan fingerprint density at radius 3 is 1.28 bits per heavy atom. The van der Waals surface area contributed by atoms with Gasteiger partial charge in [0.05, 0.1) is 6.10 Å². The van der Waals surface area contributed by atoms with Gasteiger partial charge in [0.2, 0.25) is 0 Å². The maximum Gasteiger partial charge on any atom is 0.303 e.